The summed E-state index contributed by atoms with van der Waals surface area (Å²) in [6, 6.07) is 0. The Kier molecular flexibility index (Phi) is 1.44. The minimum Gasteiger partial charge on any atom is -0.472 e. The minimum absolute atomic E-state index is 0.362. The summed E-state index contributed by atoms with van der Waals surface area (Å²) in [5, 5.41) is 8.10. The van der Waals surface area contributed by atoms with Gasteiger partial charge >= 0.3 is 5.97 Å². The van der Waals surface area contributed by atoms with Crippen molar-refractivity contribution in [2.24, 2.45) is 11.8 Å². The van der Waals surface area contributed by atoms with Crippen molar-refractivity contribution in [3.8, 4) is 11.8 Å². The van der Waals surface area contributed by atoms with Gasteiger partial charge in [0.1, 0.15) is 0 Å². The van der Waals surface area contributed by atoms with Crippen molar-refractivity contribution in [1.82, 2.24) is 0 Å². The monoisotopic (exact) mass is 124 g/mol. The third-order valence-electron chi connectivity index (χ3n) is 1.47. The summed E-state index contributed by atoms with van der Waals surface area (Å²) in [4.78, 5) is 9.86. The Hall–Kier alpha value is -0.970. The second-order valence-electron chi connectivity index (χ2n) is 2.39. The molecule has 1 aliphatic rings. The summed E-state index contributed by atoms with van der Waals surface area (Å²) in [6.45, 7) is 2.07. The maximum Gasteiger partial charge on any atom is 0.381 e. The Labute approximate surface area is 53.9 Å². The molecule has 2 atom stereocenters. The number of carboxylic acid groups (broad SMARTS) is 1. The van der Waals surface area contributed by atoms with Gasteiger partial charge in [0.05, 0.1) is 0 Å². The van der Waals surface area contributed by atoms with E-state index in [-0.39, 0.29) is 0 Å². The molecule has 0 heterocycles. The normalized spacial score (nSPS) is 30.3. The zero-order valence-corrected chi connectivity index (χ0v) is 5.22. The van der Waals surface area contributed by atoms with Crippen LogP contribution in [0, 0.1) is 23.7 Å². The predicted molar refractivity (Wildman–Crippen MR) is 32.7 cm³/mol. The van der Waals surface area contributed by atoms with E-state index >= 15 is 0 Å². The maximum absolute atomic E-state index is 9.86. The highest BCUT2D eigenvalue weighted by molar-refractivity contribution is 5.86. The number of carboxylic acids is 1. The van der Waals surface area contributed by atoms with E-state index in [1.165, 1.54) is 0 Å². The van der Waals surface area contributed by atoms with Gasteiger partial charge in [0.2, 0.25) is 0 Å². The molecule has 0 aromatic heterocycles. The Morgan fingerprint density at radius 2 is 2.33 bits per heavy atom. The molecule has 0 aliphatic heterocycles. The summed E-state index contributed by atoms with van der Waals surface area (Å²) >= 11 is 0. The molecule has 9 heavy (non-hydrogen) atoms. The SMILES string of the molecule is C[C@@H]1C[C@H]1C#CC(=O)O. The van der Waals surface area contributed by atoms with Crippen LogP contribution in [0.1, 0.15) is 13.3 Å². The van der Waals surface area contributed by atoms with Crippen LogP contribution < -0.4 is 0 Å². The first-order chi connectivity index (χ1) is 4.20. The molecule has 2 nitrogen and oxygen atoms in total. The summed E-state index contributed by atoms with van der Waals surface area (Å²) < 4.78 is 0. The molecule has 2 heteroatoms. The van der Waals surface area contributed by atoms with Crippen molar-refractivity contribution >= 4 is 5.97 Å². The zero-order valence-electron chi connectivity index (χ0n) is 5.22. The van der Waals surface area contributed by atoms with Gasteiger partial charge in [0.15, 0.2) is 0 Å². The first-order valence-corrected chi connectivity index (χ1v) is 2.94. The molecule has 0 saturated heterocycles. The standard InChI is InChI=1S/C7H8O2/c1-5-4-6(5)2-3-7(8)9/h5-6H,4H2,1H3,(H,8,9)/t5-,6-/m1/s1. The zero-order chi connectivity index (χ0) is 6.85. The van der Waals surface area contributed by atoms with E-state index in [2.05, 4.69) is 18.8 Å². The molecule has 48 valence electrons. The third-order valence-corrected chi connectivity index (χ3v) is 1.47. The minimum atomic E-state index is -1.02. The molecule has 0 spiro atoms. The molecular formula is C7H8O2. The smallest absolute Gasteiger partial charge is 0.381 e. The summed E-state index contributed by atoms with van der Waals surface area (Å²) in [7, 11) is 0. The van der Waals surface area contributed by atoms with Crippen molar-refractivity contribution in [1.29, 1.82) is 0 Å². The Balaban J connectivity index is 2.35. The van der Waals surface area contributed by atoms with Crippen LogP contribution in [0.3, 0.4) is 0 Å². The molecule has 0 amide bonds. The molecule has 1 fully saturated rings. The van der Waals surface area contributed by atoms with E-state index in [0.29, 0.717) is 11.8 Å². The Morgan fingerprint density at radius 3 is 2.67 bits per heavy atom. The van der Waals surface area contributed by atoms with Gasteiger partial charge in [-0.05, 0) is 12.3 Å². The first-order valence-electron chi connectivity index (χ1n) is 2.94. The predicted octanol–water partition coefficient (Wildman–Crippen LogP) is 0.730. The molecule has 1 N–H and O–H groups in total. The highest BCUT2D eigenvalue weighted by Crippen LogP contribution is 2.36. The molecule has 0 radical (unpaired) electrons. The molecule has 0 aromatic rings. The van der Waals surface area contributed by atoms with Crippen molar-refractivity contribution in [2.75, 3.05) is 0 Å². The van der Waals surface area contributed by atoms with Crippen LogP contribution in [-0.4, -0.2) is 11.1 Å². The van der Waals surface area contributed by atoms with Crippen molar-refractivity contribution in [3.63, 3.8) is 0 Å². The van der Waals surface area contributed by atoms with Crippen LogP contribution >= 0.6 is 0 Å². The lowest BCUT2D eigenvalue weighted by Gasteiger charge is -1.73. The second-order valence-corrected chi connectivity index (χ2v) is 2.39. The van der Waals surface area contributed by atoms with Gasteiger partial charge in [-0.2, -0.15) is 0 Å². The number of aliphatic carboxylic acids is 1. The molecule has 0 aromatic carbocycles. The van der Waals surface area contributed by atoms with Crippen molar-refractivity contribution in [2.45, 2.75) is 13.3 Å². The average Bonchev–Trinajstić information content (AvgIpc) is 2.42. The third kappa shape index (κ3) is 1.77. The fourth-order valence-corrected chi connectivity index (χ4v) is 0.678. The van der Waals surface area contributed by atoms with E-state index in [1.54, 1.807) is 0 Å². The molecule has 1 saturated carbocycles. The number of rotatable bonds is 0. The average molecular weight is 124 g/mol. The van der Waals surface area contributed by atoms with Gasteiger partial charge in [0.25, 0.3) is 0 Å². The lowest BCUT2D eigenvalue weighted by Crippen LogP contribution is -1.86. The quantitative estimate of drug-likeness (QED) is 0.483. The molecular weight excluding hydrogens is 116 g/mol. The van der Waals surface area contributed by atoms with E-state index in [0.717, 1.165) is 6.42 Å². The molecule has 0 unspecified atom stereocenters. The van der Waals surface area contributed by atoms with Gasteiger partial charge in [0, 0.05) is 11.8 Å². The van der Waals surface area contributed by atoms with E-state index in [1.807, 2.05) is 0 Å². The van der Waals surface area contributed by atoms with Gasteiger partial charge in [-0.25, -0.2) is 4.79 Å². The first kappa shape index (κ1) is 6.15. The fraction of sp³-hybridized carbons (Fsp3) is 0.571. The molecule has 1 rings (SSSR count). The van der Waals surface area contributed by atoms with Crippen LogP contribution in [0.4, 0.5) is 0 Å². The topological polar surface area (TPSA) is 37.3 Å². The van der Waals surface area contributed by atoms with Crippen LogP contribution in [-0.2, 0) is 4.79 Å². The van der Waals surface area contributed by atoms with Crippen LogP contribution in [0.2, 0.25) is 0 Å². The van der Waals surface area contributed by atoms with Gasteiger partial charge < -0.3 is 5.11 Å². The fourth-order valence-electron chi connectivity index (χ4n) is 0.678. The number of carbonyl (C=O) groups is 1. The highest BCUT2D eigenvalue weighted by atomic mass is 16.4. The van der Waals surface area contributed by atoms with Gasteiger partial charge in [-0.1, -0.05) is 12.8 Å². The van der Waals surface area contributed by atoms with E-state index < -0.39 is 5.97 Å². The van der Waals surface area contributed by atoms with E-state index in [4.69, 9.17) is 5.11 Å². The Bertz CT molecular complexity index is 185. The highest BCUT2D eigenvalue weighted by Gasteiger charge is 2.30. The second kappa shape index (κ2) is 2.10. The summed E-state index contributed by atoms with van der Waals surface area (Å²) in [5.41, 5.74) is 0. The Morgan fingerprint density at radius 1 is 1.78 bits per heavy atom. The van der Waals surface area contributed by atoms with Crippen LogP contribution in [0.15, 0.2) is 0 Å². The van der Waals surface area contributed by atoms with Gasteiger partial charge in [-0.3, -0.25) is 0 Å². The summed E-state index contributed by atoms with van der Waals surface area (Å²) in [5.74, 6) is 4.73. The van der Waals surface area contributed by atoms with Crippen molar-refractivity contribution in [3.05, 3.63) is 0 Å². The summed E-state index contributed by atoms with van der Waals surface area (Å²) in [6.07, 6.45) is 1.07. The van der Waals surface area contributed by atoms with Gasteiger partial charge in [-0.15, -0.1) is 0 Å². The van der Waals surface area contributed by atoms with E-state index in [9.17, 15) is 4.79 Å². The lowest BCUT2D eigenvalue weighted by molar-refractivity contribution is -0.130. The van der Waals surface area contributed by atoms with Crippen LogP contribution in [0.5, 0.6) is 0 Å². The number of hydrogen-bond donors (Lipinski definition) is 1. The number of hydrogen-bond acceptors (Lipinski definition) is 1. The maximum atomic E-state index is 9.86. The molecule has 0 bridgehead atoms. The lowest BCUT2D eigenvalue weighted by atomic mass is 10.3. The van der Waals surface area contributed by atoms with Crippen LogP contribution in [0.25, 0.3) is 0 Å². The molecule has 1 aliphatic carbocycles. The van der Waals surface area contributed by atoms with Crippen molar-refractivity contribution < 1.29 is 9.90 Å². The largest absolute Gasteiger partial charge is 0.472 e.